The van der Waals surface area contributed by atoms with Gasteiger partial charge in [0.1, 0.15) is 11.6 Å². The fourth-order valence-electron chi connectivity index (χ4n) is 1.94. The summed E-state index contributed by atoms with van der Waals surface area (Å²) in [6.07, 6.45) is 0. The van der Waals surface area contributed by atoms with Crippen molar-refractivity contribution in [1.29, 1.82) is 0 Å². The van der Waals surface area contributed by atoms with E-state index in [1.165, 1.54) is 36.4 Å². The predicted molar refractivity (Wildman–Crippen MR) is 74.9 cm³/mol. The van der Waals surface area contributed by atoms with Crippen LogP contribution >= 0.6 is 34.8 Å². The van der Waals surface area contributed by atoms with E-state index in [1.807, 2.05) is 0 Å². The lowest BCUT2D eigenvalue weighted by molar-refractivity contribution is 0.573. The molecule has 0 spiro atoms. The molecule has 0 atom stereocenters. The summed E-state index contributed by atoms with van der Waals surface area (Å²) in [5.74, 6) is -2.09. The van der Waals surface area contributed by atoms with E-state index in [4.69, 9.17) is 34.8 Å². The second kappa shape index (κ2) is 5.66. The van der Waals surface area contributed by atoms with Crippen LogP contribution in [0.1, 0.15) is 17.0 Å². The molecular formula is C14H9Cl3F2. The first-order valence-corrected chi connectivity index (χ1v) is 6.60. The Hall–Kier alpha value is -0.830. The lowest BCUT2D eigenvalue weighted by atomic mass is 9.91. The SMILES string of the molecule is Fc1ccccc1C(c1ccccc1F)C(Cl)(Cl)Cl. The van der Waals surface area contributed by atoms with Crippen molar-refractivity contribution in [2.24, 2.45) is 0 Å². The molecule has 19 heavy (non-hydrogen) atoms. The minimum absolute atomic E-state index is 0.146. The number of alkyl halides is 3. The molecule has 0 unspecified atom stereocenters. The molecule has 0 saturated heterocycles. The van der Waals surface area contributed by atoms with E-state index in [9.17, 15) is 8.78 Å². The maximum absolute atomic E-state index is 13.9. The number of hydrogen-bond acceptors (Lipinski definition) is 0. The van der Waals surface area contributed by atoms with Crippen molar-refractivity contribution in [3.05, 3.63) is 71.3 Å². The Labute approximate surface area is 124 Å². The van der Waals surface area contributed by atoms with Crippen LogP contribution in [0.15, 0.2) is 48.5 Å². The van der Waals surface area contributed by atoms with E-state index in [0.717, 1.165) is 0 Å². The summed E-state index contributed by atoms with van der Waals surface area (Å²) in [7, 11) is 0. The fourth-order valence-corrected chi connectivity index (χ4v) is 2.64. The third kappa shape index (κ3) is 3.19. The summed E-state index contributed by atoms with van der Waals surface area (Å²) in [5.41, 5.74) is 0.292. The molecule has 0 fully saturated rings. The van der Waals surface area contributed by atoms with Gasteiger partial charge < -0.3 is 0 Å². The fraction of sp³-hybridized carbons (Fsp3) is 0.143. The molecule has 0 aliphatic carbocycles. The Morgan fingerprint density at radius 1 is 0.737 bits per heavy atom. The zero-order chi connectivity index (χ0) is 14.0. The van der Waals surface area contributed by atoms with Crippen LogP contribution in [0.3, 0.4) is 0 Å². The molecule has 0 aliphatic heterocycles. The van der Waals surface area contributed by atoms with Gasteiger partial charge in [-0.3, -0.25) is 0 Å². The van der Waals surface area contributed by atoms with Crippen molar-refractivity contribution in [1.82, 2.24) is 0 Å². The van der Waals surface area contributed by atoms with Gasteiger partial charge in [0, 0.05) is 0 Å². The van der Waals surface area contributed by atoms with E-state index in [1.54, 1.807) is 12.1 Å². The van der Waals surface area contributed by atoms with E-state index < -0.39 is 21.3 Å². The minimum atomic E-state index is -1.86. The Kier molecular flexibility index (Phi) is 4.34. The maximum atomic E-state index is 13.9. The molecule has 0 N–H and O–H groups in total. The van der Waals surface area contributed by atoms with E-state index >= 15 is 0 Å². The Bertz CT molecular complexity index is 533. The van der Waals surface area contributed by atoms with Crippen LogP contribution in [0.5, 0.6) is 0 Å². The third-order valence-corrected chi connectivity index (χ3v) is 3.41. The van der Waals surface area contributed by atoms with Gasteiger partial charge in [0.15, 0.2) is 0 Å². The first-order valence-electron chi connectivity index (χ1n) is 5.47. The molecule has 0 saturated carbocycles. The third-order valence-electron chi connectivity index (χ3n) is 2.76. The number of hydrogen-bond donors (Lipinski definition) is 0. The van der Waals surface area contributed by atoms with Gasteiger partial charge in [-0.05, 0) is 23.3 Å². The summed E-state index contributed by atoms with van der Waals surface area (Å²) in [6, 6.07) is 11.7. The highest BCUT2D eigenvalue weighted by atomic mass is 35.6. The highest BCUT2D eigenvalue weighted by molar-refractivity contribution is 6.68. The first-order chi connectivity index (χ1) is 8.91. The van der Waals surface area contributed by atoms with Gasteiger partial charge in [0.05, 0.1) is 5.92 Å². The highest BCUT2D eigenvalue weighted by Gasteiger charge is 2.38. The van der Waals surface area contributed by atoms with Crippen molar-refractivity contribution in [2.45, 2.75) is 9.71 Å². The normalized spacial score (nSPS) is 11.9. The smallest absolute Gasteiger partial charge is 0.201 e. The monoisotopic (exact) mass is 320 g/mol. The summed E-state index contributed by atoms with van der Waals surface area (Å²) in [6.45, 7) is 0. The quantitative estimate of drug-likeness (QED) is 0.644. The van der Waals surface area contributed by atoms with Crippen molar-refractivity contribution in [3.8, 4) is 0 Å². The molecule has 100 valence electrons. The molecule has 0 nitrogen and oxygen atoms in total. The van der Waals surface area contributed by atoms with E-state index in [0.29, 0.717) is 0 Å². The molecule has 0 aliphatic rings. The Morgan fingerprint density at radius 2 is 1.11 bits per heavy atom. The molecule has 0 bridgehead atoms. The van der Waals surface area contributed by atoms with E-state index in [-0.39, 0.29) is 11.1 Å². The second-order valence-corrected chi connectivity index (χ2v) is 6.39. The number of halogens is 5. The van der Waals surface area contributed by atoms with Crippen molar-refractivity contribution in [3.63, 3.8) is 0 Å². The van der Waals surface area contributed by atoms with E-state index in [2.05, 4.69) is 0 Å². The zero-order valence-corrected chi connectivity index (χ0v) is 11.9. The molecule has 2 rings (SSSR count). The standard InChI is InChI=1S/C14H9Cl3F2/c15-14(16,17)13(9-5-1-3-7-11(9)18)10-6-2-4-8-12(10)19/h1-8,13H. The van der Waals surface area contributed by atoms with Gasteiger partial charge in [-0.2, -0.15) is 0 Å². The van der Waals surface area contributed by atoms with Gasteiger partial charge in [0.2, 0.25) is 3.79 Å². The van der Waals surface area contributed by atoms with Gasteiger partial charge in [-0.15, -0.1) is 0 Å². The van der Waals surface area contributed by atoms with Crippen molar-refractivity contribution < 1.29 is 8.78 Å². The zero-order valence-electron chi connectivity index (χ0n) is 9.59. The second-order valence-electron chi connectivity index (χ2n) is 4.02. The maximum Gasteiger partial charge on any atom is 0.201 e. The highest BCUT2D eigenvalue weighted by Crippen LogP contribution is 2.46. The Morgan fingerprint density at radius 3 is 1.42 bits per heavy atom. The lowest BCUT2D eigenvalue weighted by Crippen LogP contribution is -2.20. The largest absolute Gasteiger partial charge is 0.207 e. The topological polar surface area (TPSA) is 0 Å². The van der Waals surface area contributed by atoms with Crippen LogP contribution in [0.2, 0.25) is 0 Å². The molecule has 0 amide bonds. The molecule has 2 aromatic rings. The van der Waals surface area contributed by atoms with Crippen LogP contribution < -0.4 is 0 Å². The molecule has 0 radical (unpaired) electrons. The molecule has 0 heterocycles. The lowest BCUT2D eigenvalue weighted by Gasteiger charge is -2.26. The van der Waals surface area contributed by atoms with Crippen LogP contribution in [0.25, 0.3) is 0 Å². The molecule has 0 aromatic heterocycles. The van der Waals surface area contributed by atoms with Gasteiger partial charge in [-0.1, -0.05) is 71.2 Å². The molecular weight excluding hydrogens is 313 g/mol. The first kappa shape index (κ1) is 14.6. The summed E-state index contributed by atoms with van der Waals surface area (Å²) >= 11 is 17.7. The van der Waals surface area contributed by atoms with Gasteiger partial charge >= 0.3 is 0 Å². The summed E-state index contributed by atoms with van der Waals surface area (Å²) in [4.78, 5) is 0. The molecule has 2 aromatic carbocycles. The summed E-state index contributed by atoms with van der Waals surface area (Å²) < 4.78 is 25.9. The number of rotatable bonds is 2. The van der Waals surface area contributed by atoms with Crippen LogP contribution in [-0.4, -0.2) is 3.79 Å². The number of benzene rings is 2. The molecule has 5 heteroatoms. The Balaban J connectivity index is 2.62. The average Bonchev–Trinajstić information content (AvgIpc) is 2.33. The van der Waals surface area contributed by atoms with Crippen LogP contribution in [-0.2, 0) is 0 Å². The summed E-state index contributed by atoms with van der Waals surface area (Å²) in [5, 5.41) is 0. The van der Waals surface area contributed by atoms with Gasteiger partial charge in [0.25, 0.3) is 0 Å². The average molecular weight is 322 g/mol. The van der Waals surface area contributed by atoms with Gasteiger partial charge in [-0.25, -0.2) is 8.78 Å². The van der Waals surface area contributed by atoms with Crippen molar-refractivity contribution >= 4 is 34.8 Å². The van der Waals surface area contributed by atoms with Crippen LogP contribution in [0, 0.1) is 11.6 Å². The minimum Gasteiger partial charge on any atom is -0.207 e. The van der Waals surface area contributed by atoms with Crippen molar-refractivity contribution in [2.75, 3.05) is 0 Å². The van der Waals surface area contributed by atoms with Crippen LogP contribution in [0.4, 0.5) is 8.78 Å². The predicted octanol–water partition coefficient (Wildman–Crippen LogP) is 5.47.